The van der Waals surface area contributed by atoms with Crippen LogP contribution in [-0.4, -0.2) is 43.6 Å². The molecule has 0 spiro atoms. The molecule has 11 heavy (non-hydrogen) atoms. The van der Waals surface area contributed by atoms with Gasteiger partial charge in [0.2, 0.25) is 0 Å². The van der Waals surface area contributed by atoms with Gasteiger partial charge in [-0.25, -0.2) is 0 Å². The van der Waals surface area contributed by atoms with E-state index in [-0.39, 0.29) is 5.01 Å². The third-order valence-electron chi connectivity index (χ3n) is 0.726. The molecule has 0 aliphatic carbocycles. The van der Waals surface area contributed by atoms with Gasteiger partial charge in [0.05, 0.1) is 0 Å². The molecule has 8 nitrogen and oxygen atoms in total. The summed E-state index contributed by atoms with van der Waals surface area (Å²) in [5, 5.41) is 8.83. The first-order valence-electron chi connectivity index (χ1n) is 2.28. The monoisotopic (exact) mass is 271 g/mol. The van der Waals surface area contributed by atoms with Crippen LogP contribution in [0.4, 0.5) is 4.79 Å². The molecule has 0 aromatic rings. The Bertz CT molecular complexity index is 238. The van der Waals surface area contributed by atoms with Gasteiger partial charge in [-0.2, -0.15) is 0 Å². The molecule has 0 saturated carbocycles. The van der Waals surface area contributed by atoms with Gasteiger partial charge in [0.25, 0.3) is 0 Å². The second kappa shape index (κ2) is 4.07. The molecule has 0 aromatic carbocycles. The Morgan fingerprint density at radius 3 is 2.36 bits per heavy atom. The summed E-state index contributed by atoms with van der Waals surface area (Å²) in [4.78, 5) is 20.2. The zero-order valence-electron chi connectivity index (χ0n) is 5.38. The summed E-state index contributed by atoms with van der Waals surface area (Å²) in [5.74, 6) is 0. The first-order chi connectivity index (χ1) is 4.95. The van der Waals surface area contributed by atoms with E-state index in [9.17, 15) is 20.9 Å². The van der Waals surface area contributed by atoms with Gasteiger partial charge < -0.3 is 0 Å². The Hall–Kier alpha value is -0.912. The fourth-order valence-electron chi connectivity index (χ4n) is 0.225. The zero-order valence-corrected chi connectivity index (χ0v) is 7.94. The number of hydrogen-bond acceptors (Lipinski definition) is 5. The maximum absolute atomic E-state index is 10.4. The van der Waals surface area contributed by atoms with Crippen molar-refractivity contribution in [3.8, 4) is 0 Å². The fourth-order valence-corrected chi connectivity index (χ4v) is 1.08. The van der Waals surface area contributed by atoms with Crippen LogP contribution in [0, 0.1) is 10.1 Å². The SMILES string of the molecule is CN(C(=O)[NH][Sb](=[O])=[O])[N+](=O)[O-]. The molecule has 1 N–H and O–H groups in total. The van der Waals surface area contributed by atoms with E-state index in [2.05, 4.69) is 0 Å². The van der Waals surface area contributed by atoms with Crippen molar-refractivity contribution in [2.75, 3.05) is 7.05 Å². The maximum atomic E-state index is 10.4. The Morgan fingerprint density at radius 1 is 1.64 bits per heavy atom. The fraction of sp³-hybridized carbons (Fsp3) is 0.500. The standard InChI is InChI=1S/C2H5N3O3.2O.Sb/c1-4(2(3)6)5(7)8;;;/h1H3,(H2,3,6);;;/q;;;+1/p-1. The second-order valence-electron chi connectivity index (χ2n) is 1.44. The van der Waals surface area contributed by atoms with Crippen molar-refractivity contribution in [2.45, 2.75) is 0 Å². The van der Waals surface area contributed by atoms with Crippen LogP contribution in [0.1, 0.15) is 0 Å². The minimum absolute atomic E-state index is 0.0486. The average molecular weight is 272 g/mol. The molecule has 0 unspecified atom stereocenters. The summed E-state index contributed by atoms with van der Waals surface area (Å²) in [6, 6.07) is -1.25. The van der Waals surface area contributed by atoms with Crippen LogP contribution in [0.25, 0.3) is 0 Å². The van der Waals surface area contributed by atoms with Crippen molar-refractivity contribution in [3.63, 3.8) is 0 Å². The number of rotatable bonds is 2. The van der Waals surface area contributed by atoms with Crippen molar-refractivity contribution in [1.82, 2.24) is 8.48 Å². The molecule has 0 heterocycles. The van der Waals surface area contributed by atoms with E-state index < -0.39 is 31.5 Å². The van der Waals surface area contributed by atoms with Crippen LogP contribution in [0.3, 0.4) is 0 Å². The van der Waals surface area contributed by atoms with E-state index in [0.29, 0.717) is 0 Å². The van der Waals surface area contributed by atoms with Gasteiger partial charge in [0.15, 0.2) is 0 Å². The van der Waals surface area contributed by atoms with Crippen molar-refractivity contribution in [2.24, 2.45) is 0 Å². The third-order valence-corrected chi connectivity index (χ3v) is 1.79. The van der Waals surface area contributed by atoms with Gasteiger partial charge in [-0.1, -0.05) is 0 Å². The van der Waals surface area contributed by atoms with Gasteiger partial charge in [-0.3, -0.25) is 0 Å². The predicted octanol–water partition coefficient (Wildman–Crippen LogP) is -1.33. The van der Waals surface area contributed by atoms with E-state index in [4.69, 9.17) is 0 Å². The summed E-state index contributed by atoms with van der Waals surface area (Å²) < 4.78 is 21.3. The van der Waals surface area contributed by atoms with E-state index in [1.807, 2.05) is 0 Å². The van der Waals surface area contributed by atoms with Crippen molar-refractivity contribution in [1.29, 1.82) is 0 Å². The number of nitrogens with one attached hydrogen (secondary N) is 1. The molecule has 0 aromatic heterocycles. The van der Waals surface area contributed by atoms with Gasteiger partial charge in [-0.05, 0) is 0 Å². The third kappa shape index (κ3) is 3.71. The van der Waals surface area contributed by atoms with Crippen LogP contribution in [0.2, 0.25) is 0 Å². The first kappa shape index (κ1) is 10.1. The number of urea groups is 1. The molecular weight excluding hydrogens is 268 g/mol. The predicted molar refractivity (Wildman–Crippen MR) is 30.4 cm³/mol. The number of hydrogen-bond donors (Lipinski definition) is 1. The first-order valence-corrected chi connectivity index (χ1v) is 5.64. The molecular formula is C2H4N3O5Sb. The van der Waals surface area contributed by atoms with Crippen molar-refractivity contribution >= 4 is 26.5 Å². The van der Waals surface area contributed by atoms with Crippen LogP contribution in [0.5, 0.6) is 0 Å². The molecule has 0 aliphatic heterocycles. The molecule has 0 saturated heterocycles. The molecule has 0 bridgehead atoms. The number of hydrazine groups is 1. The van der Waals surface area contributed by atoms with Crippen LogP contribution in [0.15, 0.2) is 0 Å². The van der Waals surface area contributed by atoms with Crippen LogP contribution >= 0.6 is 0 Å². The normalized spacial score (nSPS) is 8.45. The van der Waals surface area contributed by atoms with E-state index in [0.717, 1.165) is 7.05 Å². The van der Waals surface area contributed by atoms with Gasteiger partial charge in [0.1, 0.15) is 0 Å². The number of carbonyl (C=O) groups excluding carboxylic acids is 1. The molecule has 0 radical (unpaired) electrons. The Morgan fingerprint density at radius 2 is 2.09 bits per heavy atom. The van der Waals surface area contributed by atoms with Crippen LogP contribution < -0.4 is 3.48 Å². The van der Waals surface area contributed by atoms with E-state index in [1.54, 1.807) is 0 Å². The molecule has 0 atom stereocenters. The summed E-state index contributed by atoms with van der Waals surface area (Å²) in [5.41, 5.74) is 0. The molecule has 9 heteroatoms. The molecule has 0 aliphatic rings. The topological polar surface area (TPSA) is 110 Å². The Labute approximate surface area is 68.4 Å². The Kier molecular flexibility index (Phi) is 3.73. The number of nitro groups is 1. The summed E-state index contributed by atoms with van der Waals surface area (Å²) in [6.07, 6.45) is 0. The van der Waals surface area contributed by atoms with Crippen molar-refractivity contribution < 1.29 is 15.9 Å². The minimum atomic E-state index is -4.15. The number of carbonyl (C=O) groups is 1. The summed E-state index contributed by atoms with van der Waals surface area (Å²) in [6.45, 7) is 0. The van der Waals surface area contributed by atoms with E-state index in [1.165, 1.54) is 3.48 Å². The molecule has 0 fully saturated rings. The summed E-state index contributed by atoms with van der Waals surface area (Å²) >= 11 is -4.15. The van der Waals surface area contributed by atoms with Crippen LogP contribution in [-0.2, 0) is 6.03 Å². The Balaban J connectivity index is 4.15. The van der Waals surface area contributed by atoms with Gasteiger partial charge >= 0.3 is 68.0 Å². The molecule has 2 amide bonds. The quantitative estimate of drug-likeness (QED) is 0.380. The van der Waals surface area contributed by atoms with Gasteiger partial charge in [-0.15, -0.1) is 0 Å². The summed E-state index contributed by atoms with van der Waals surface area (Å²) in [7, 11) is 0.847. The van der Waals surface area contributed by atoms with Crippen molar-refractivity contribution in [3.05, 3.63) is 10.1 Å². The van der Waals surface area contributed by atoms with Gasteiger partial charge in [0, 0.05) is 0 Å². The zero-order chi connectivity index (χ0) is 9.02. The van der Waals surface area contributed by atoms with E-state index >= 15 is 0 Å². The average Bonchev–Trinajstić information content (AvgIpc) is 1.84. The number of amides is 2. The second-order valence-corrected chi connectivity index (χ2v) is 3.54. The molecule has 62 valence electrons. The molecule has 0 rings (SSSR count). The number of nitrogens with zero attached hydrogens (tertiary/aromatic N) is 2.